The van der Waals surface area contributed by atoms with Crippen molar-refractivity contribution in [2.75, 3.05) is 5.32 Å². The molecular weight excluding hydrogens is 616 g/mol. The van der Waals surface area contributed by atoms with E-state index in [9.17, 15) is 63.2 Å². The number of nitro benzene ring substituents is 1. The lowest BCUT2D eigenvalue weighted by molar-refractivity contribution is -0.387. The number of nitrogens with one attached hydrogen (secondary N) is 1. The molecule has 0 saturated carbocycles. The number of rotatable bonds is 4. The molecule has 2 aromatic carbocycles. The van der Waals surface area contributed by atoms with Crippen LogP contribution in [0.1, 0.15) is 21.5 Å². The van der Waals surface area contributed by atoms with Gasteiger partial charge in [0.2, 0.25) is 5.82 Å². The van der Waals surface area contributed by atoms with Crippen molar-refractivity contribution in [3.05, 3.63) is 66.5 Å². The highest BCUT2D eigenvalue weighted by Crippen LogP contribution is 2.54. The van der Waals surface area contributed by atoms with E-state index in [1.807, 2.05) is 0 Å². The topological polar surface area (TPSA) is 72.2 Å². The Morgan fingerprint density at radius 1 is 0.941 bits per heavy atom. The Morgan fingerprint density at radius 2 is 1.47 bits per heavy atom. The van der Waals surface area contributed by atoms with Crippen LogP contribution in [0.2, 0.25) is 0 Å². The lowest BCUT2D eigenvalue weighted by atomic mass is 9.92. The molecule has 0 heterocycles. The largest absolute Gasteiger partial charge is 0.435 e. The average molecular weight is 622 g/mol. The Balaban J connectivity index is 2.72. The monoisotopic (exact) mass is 622 g/mol. The van der Waals surface area contributed by atoms with Crippen LogP contribution in [0.5, 0.6) is 0 Å². The Labute approximate surface area is 194 Å². The quantitative estimate of drug-likeness (QED) is 0.175. The minimum atomic E-state index is -6.71. The van der Waals surface area contributed by atoms with Gasteiger partial charge in [-0.2, -0.15) is 43.9 Å². The van der Waals surface area contributed by atoms with Gasteiger partial charge in [0, 0.05) is 15.2 Å². The van der Waals surface area contributed by atoms with Crippen molar-refractivity contribution >= 4 is 39.9 Å². The average Bonchev–Trinajstić information content (AvgIpc) is 2.65. The normalized spacial score (nSPS) is 13.1. The first-order valence-corrected chi connectivity index (χ1v) is 9.29. The van der Waals surface area contributed by atoms with Gasteiger partial charge in [-0.1, -0.05) is 6.07 Å². The standard InChI is InChI=1S/C17H6F11IN2O3/c18-11-7(2-1-3-10(11)31(33)34)13(32)30-12-8(15(20,21)22)4-6(5-9(12)29)14(19,16(23,24)25)17(26,27)28/h1-5H,(H,30,32). The van der Waals surface area contributed by atoms with E-state index in [1.54, 1.807) is 0 Å². The summed E-state index contributed by atoms with van der Waals surface area (Å²) in [6.07, 6.45) is -19.2. The number of hydrogen-bond acceptors (Lipinski definition) is 3. The number of benzene rings is 2. The number of alkyl halides is 10. The molecule has 186 valence electrons. The van der Waals surface area contributed by atoms with Gasteiger partial charge >= 0.3 is 29.9 Å². The van der Waals surface area contributed by atoms with Crippen LogP contribution in [-0.4, -0.2) is 23.2 Å². The van der Waals surface area contributed by atoms with E-state index in [4.69, 9.17) is 0 Å². The van der Waals surface area contributed by atoms with Crippen LogP contribution < -0.4 is 5.32 Å². The van der Waals surface area contributed by atoms with Crippen LogP contribution in [0.3, 0.4) is 0 Å². The van der Waals surface area contributed by atoms with Crippen molar-refractivity contribution in [2.24, 2.45) is 0 Å². The maximum atomic E-state index is 14.3. The Kier molecular flexibility index (Phi) is 7.13. The molecule has 0 spiro atoms. The number of hydrogen-bond donors (Lipinski definition) is 1. The second-order valence-electron chi connectivity index (χ2n) is 6.38. The molecule has 0 atom stereocenters. The molecule has 5 nitrogen and oxygen atoms in total. The molecule has 0 aliphatic carbocycles. The van der Waals surface area contributed by atoms with Crippen molar-refractivity contribution in [1.82, 2.24) is 0 Å². The van der Waals surface area contributed by atoms with Crippen LogP contribution in [0.15, 0.2) is 30.3 Å². The summed E-state index contributed by atoms with van der Waals surface area (Å²) in [5.41, 5.74) is -14.8. The van der Waals surface area contributed by atoms with Crippen LogP contribution >= 0.6 is 22.6 Å². The summed E-state index contributed by atoms with van der Waals surface area (Å²) < 4.78 is 146. The molecule has 0 aliphatic rings. The van der Waals surface area contributed by atoms with Crippen molar-refractivity contribution in [3.63, 3.8) is 0 Å². The first kappa shape index (κ1) is 27.5. The smallest absolute Gasteiger partial charge is 0.320 e. The predicted molar refractivity (Wildman–Crippen MR) is 100 cm³/mol. The molecule has 0 fully saturated rings. The number of carbonyl (C=O) groups is 1. The molecule has 0 aliphatic heterocycles. The van der Waals surface area contributed by atoms with E-state index in [2.05, 4.69) is 0 Å². The van der Waals surface area contributed by atoms with Crippen molar-refractivity contribution in [3.8, 4) is 0 Å². The van der Waals surface area contributed by atoms with Gasteiger partial charge in [-0.05, 0) is 40.8 Å². The van der Waals surface area contributed by atoms with Gasteiger partial charge in [0.1, 0.15) is 0 Å². The van der Waals surface area contributed by atoms with Crippen molar-refractivity contribution in [2.45, 2.75) is 24.2 Å². The van der Waals surface area contributed by atoms with Crippen LogP contribution in [-0.2, 0) is 11.8 Å². The van der Waals surface area contributed by atoms with E-state index in [0.717, 1.165) is 28.7 Å². The number of halogens is 12. The van der Waals surface area contributed by atoms with Crippen LogP contribution in [0.25, 0.3) is 0 Å². The summed E-state index contributed by atoms with van der Waals surface area (Å²) in [4.78, 5) is 21.8. The lowest BCUT2D eigenvalue weighted by Gasteiger charge is -2.31. The molecule has 0 unspecified atom stereocenters. The van der Waals surface area contributed by atoms with Crippen LogP contribution in [0.4, 0.5) is 59.7 Å². The zero-order valence-electron chi connectivity index (χ0n) is 15.6. The maximum absolute atomic E-state index is 14.3. The van der Waals surface area contributed by atoms with E-state index in [1.165, 1.54) is 5.32 Å². The summed E-state index contributed by atoms with van der Waals surface area (Å²) in [6.45, 7) is 0. The minimum absolute atomic E-state index is 0.226. The van der Waals surface area contributed by atoms with Gasteiger partial charge in [0.05, 0.1) is 21.7 Å². The number of anilines is 1. The van der Waals surface area contributed by atoms with E-state index in [0.29, 0.717) is 12.1 Å². The summed E-state index contributed by atoms with van der Waals surface area (Å²) >= 11 is 0.809. The highest BCUT2D eigenvalue weighted by Gasteiger charge is 2.73. The second-order valence-corrected chi connectivity index (χ2v) is 7.54. The fraction of sp³-hybridized carbons (Fsp3) is 0.235. The third-order valence-corrected chi connectivity index (χ3v) is 5.08. The molecule has 1 amide bonds. The van der Waals surface area contributed by atoms with Gasteiger partial charge < -0.3 is 5.32 Å². The van der Waals surface area contributed by atoms with Gasteiger partial charge in [0.25, 0.3) is 5.91 Å². The minimum Gasteiger partial charge on any atom is -0.320 e. The molecule has 17 heteroatoms. The molecule has 0 bridgehead atoms. The van der Waals surface area contributed by atoms with E-state index in [-0.39, 0.29) is 6.07 Å². The van der Waals surface area contributed by atoms with E-state index < -0.39 is 78.5 Å². The third kappa shape index (κ3) is 4.88. The number of nitrogens with zero attached hydrogens (tertiary/aromatic N) is 1. The second kappa shape index (κ2) is 8.81. The fourth-order valence-corrected chi connectivity index (χ4v) is 3.42. The van der Waals surface area contributed by atoms with Crippen molar-refractivity contribution in [1.29, 1.82) is 0 Å². The molecule has 0 aromatic heterocycles. The van der Waals surface area contributed by atoms with Gasteiger partial charge in [-0.3, -0.25) is 14.9 Å². The maximum Gasteiger partial charge on any atom is 0.435 e. The Morgan fingerprint density at radius 3 is 1.91 bits per heavy atom. The summed E-state index contributed by atoms with van der Waals surface area (Å²) in [5, 5.41) is 12.2. The summed E-state index contributed by atoms with van der Waals surface area (Å²) in [6, 6.07) is 1.00. The SMILES string of the molecule is O=C(Nc1c(I)cc(C(F)(C(F)(F)F)C(F)(F)F)cc1C(F)(F)F)c1cccc([N+](=O)[O-])c1F. The zero-order valence-corrected chi connectivity index (χ0v) is 17.8. The molecule has 2 aromatic rings. The molecular formula is C17H6F11IN2O3. The zero-order chi connectivity index (χ0) is 26.4. The third-order valence-electron chi connectivity index (χ3n) is 4.23. The highest BCUT2D eigenvalue weighted by atomic mass is 127. The van der Waals surface area contributed by atoms with Gasteiger partial charge in [-0.25, -0.2) is 4.39 Å². The molecule has 0 saturated heterocycles. The number of nitro groups is 1. The number of carbonyl (C=O) groups excluding carboxylic acids is 1. The summed E-state index contributed by atoms with van der Waals surface area (Å²) in [5.74, 6) is -3.53. The Hall–Kier alpha value is -2.73. The highest BCUT2D eigenvalue weighted by molar-refractivity contribution is 14.1. The first-order valence-electron chi connectivity index (χ1n) is 8.21. The van der Waals surface area contributed by atoms with Crippen LogP contribution in [0, 0.1) is 19.5 Å². The van der Waals surface area contributed by atoms with Gasteiger partial charge in [-0.15, -0.1) is 0 Å². The molecule has 0 radical (unpaired) electrons. The number of amides is 1. The predicted octanol–water partition coefficient (Wildman–Crippen LogP) is 6.90. The first-order chi connectivity index (χ1) is 15.2. The Bertz CT molecular complexity index is 1130. The van der Waals surface area contributed by atoms with E-state index >= 15 is 0 Å². The fourth-order valence-electron chi connectivity index (χ4n) is 2.66. The molecule has 2 rings (SSSR count). The summed E-state index contributed by atoms with van der Waals surface area (Å²) in [7, 11) is 0. The van der Waals surface area contributed by atoms with Gasteiger partial charge in [0.15, 0.2) is 0 Å². The molecule has 1 N–H and O–H groups in total. The molecule has 34 heavy (non-hydrogen) atoms. The lowest BCUT2D eigenvalue weighted by Crippen LogP contribution is -2.50. The van der Waals surface area contributed by atoms with Crippen molar-refractivity contribution < 1.29 is 58.0 Å².